The fraction of sp³-hybridized carbons (Fsp3) is 0.455. The smallest absolute Gasteiger partial charge is 0.288 e. The van der Waals surface area contributed by atoms with Gasteiger partial charge >= 0.3 is 0 Å². The fourth-order valence-corrected chi connectivity index (χ4v) is 1.70. The van der Waals surface area contributed by atoms with Gasteiger partial charge in [0.15, 0.2) is 0 Å². The standard InChI is InChI=1S/C11H15N3O/c1-4-8-5-9-11(15)13-12-10(7(2)3)14(9)6-8/h5-7H,4H2,1-3H3,(H,13,15). The predicted octanol–water partition coefficient (Wildman–Crippen LogP) is 1.71. The predicted molar refractivity (Wildman–Crippen MR) is 59.3 cm³/mol. The minimum atomic E-state index is -0.126. The van der Waals surface area contributed by atoms with Gasteiger partial charge in [-0.25, -0.2) is 5.10 Å². The molecule has 0 aliphatic heterocycles. The molecule has 0 aromatic carbocycles. The Balaban J connectivity index is 2.80. The van der Waals surface area contributed by atoms with Crippen molar-refractivity contribution in [2.24, 2.45) is 0 Å². The van der Waals surface area contributed by atoms with Gasteiger partial charge in [0.1, 0.15) is 11.3 Å². The monoisotopic (exact) mass is 205 g/mol. The average Bonchev–Trinajstić information content (AvgIpc) is 2.62. The van der Waals surface area contributed by atoms with E-state index in [-0.39, 0.29) is 5.56 Å². The Morgan fingerprint density at radius 1 is 1.53 bits per heavy atom. The summed E-state index contributed by atoms with van der Waals surface area (Å²) in [5.74, 6) is 1.19. The van der Waals surface area contributed by atoms with Gasteiger partial charge in [0.05, 0.1) is 0 Å². The summed E-state index contributed by atoms with van der Waals surface area (Å²) in [5, 5.41) is 6.61. The molecule has 15 heavy (non-hydrogen) atoms. The molecule has 2 aromatic heterocycles. The summed E-state index contributed by atoms with van der Waals surface area (Å²) in [7, 11) is 0. The number of rotatable bonds is 2. The second-order valence-electron chi connectivity index (χ2n) is 4.02. The maximum absolute atomic E-state index is 11.5. The van der Waals surface area contributed by atoms with Crippen LogP contribution < -0.4 is 5.56 Å². The van der Waals surface area contributed by atoms with Crippen molar-refractivity contribution in [3.63, 3.8) is 0 Å². The number of hydrogen-bond acceptors (Lipinski definition) is 2. The average molecular weight is 205 g/mol. The molecule has 2 rings (SSSR count). The van der Waals surface area contributed by atoms with Crippen molar-refractivity contribution in [1.82, 2.24) is 14.6 Å². The number of aryl methyl sites for hydroxylation is 1. The number of aromatic nitrogens is 3. The van der Waals surface area contributed by atoms with Crippen molar-refractivity contribution in [2.75, 3.05) is 0 Å². The lowest BCUT2D eigenvalue weighted by Gasteiger charge is -2.06. The molecule has 1 N–H and O–H groups in total. The van der Waals surface area contributed by atoms with Crippen LogP contribution in [0.15, 0.2) is 17.1 Å². The molecular formula is C11H15N3O. The van der Waals surface area contributed by atoms with Crippen LogP contribution in [0.2, 0.25) is 0 Å². The first kappa shape index (κ1) is 9.96. The van der Waals surface area contributed by atoms with Crippen LogP contribution in [0.4, 0.5) is 0 Å². The number of nitrogens with one attached hydrogen (secondary N) is 1. The molecule has 0 bridgehead atoms. The summed E-state index contributed by atoms with van der Waals surface area (Å²) in [6, 6.07) is 1.92. The minimum Gasteiger partial charge on any atom is -0.298 e. The van der Waals surface area contributed by atoms with Crippen molar-refractivity contribution in [3.05, 3.63) is 34.0 Å². The Morgan fingerprint density at radius 3 is 2.87 bits per heavy atom. The van der Waals surface area contributed by atoms with Gasteiger partial charge in [-0.3, -0.25) is 9.20 Å². The van der Waals surface area contributed by atoms with Crippen LogP contribution in [0, 0.1) is 0 Å². The molecule has 4 nitrogen and oxygen atoms in total. The molecule has 0 saturated carbocycles. The highest BCUT2D eigenvalue weighted by atomic mass is 16.1. The van der Waals surface area contributed by atoms with Crippen LogP contribution in [0.1, 0.15) is 38.1 Å². The van der Waals surface area contributed by atoms with Gasteiger partial charge in [0.25, 0.3) is 5.56 Å². The molecule has 4 heteroatoms. The largest absolute Gasteiger partial charge is 0.298 e. The van der Waals surface area contributed by atoms with E-state index in [9.17, 15) is 4.79 Å². The van der Waals surface area contributed by atoms with E-state index in [1.54, 1.807) is 0 Å². The van der Waals surface area contributed by atoms with Crippen molar-refractivity contribution in [1.29, 1.82) is 0 Å². The van der Waals surface area contributed by atoms with Crippen molar-refractivity contribution in [3.8, 4) is 0 Å². The van der Waals surface area contributed by atoms with E-state index in [0.29, 0.717) is 11.4 Å². The first-order valence-electron chi connectivity index (χ1n) is 5.23. The zero-order valence-corrected chi connectivity index (χ0v) is 9.24. The van der Waals surface area contributed by atoms with Gasteiger partial charge in [-0.15, -0.1) is 0 Å². The Kier molecular flexibility index (Phi) is 2.34. The molecule has 2 aromatic rings. The molecule has 80 valence electrons. The van der Waals surface area contributed by atoms with E-state index in [2.05, 4.69) is 31.0 Å². The first-order chi connectivity index (χ1) is 7.13. The molecule has 0 saturated heterocycles. The van der Waals surface area contributed by atoms with E-state index in [1.807, 2.05) is 16.7 Å². The van der Waals surface area contributed by atoms with E-state index in [0.717, 1.165) is 17.8 Å². The summed E-state index contributed by atoms with van der Waals surface area (Å²) < 4.78 is 1.89. The van der Waals surface area contributed by atoms with Crippen molar-refractivity contribution < 1.29 is 0 Å². The van der Waals surface area contributed by atoms with Gasteiger partial charge in [-0.1, -0.05) is 20.8 Å². The second kappa shape index (κ2) is 3.53. The van der Waals surface area contributed by atoms with Crippen LogP contribution in [-0.2, 0) is 6.42 Å². The van der Waals surface area contributed by atoms with Gasteiger partial charge in [-0.2, -0.15) is 5.10 Å². The lowest BCUT2D eigenvalue weighted by Crippen LogP contribution is -2.15. The van der Waals surface area contributed by atoms with Gasteiger partial charge in [0.2, 0.25) is 0 Å². The number of hydrogen-bond donors (Lipinski definition) is 1. The molecule has 0 aliphatic rings. The summed E-state index contributed by atoms with van der Waals surface area (Å²) in [4.78, 5) is 11.5. The SMILES string of the molecule is CCc1cc2c(=O)[nH]nc(C(C)C)n2c1. The third-order valence-electron chi connectivity index (χ3n) is 2.55. The molecular weight excluding hydrogens is 190 g/mol. The summed E-state index contributed by atoms with van der Waals surface area (Å²) in [6.07, 6.45) is 2.92. The highest BCUT2D eigenvalue weighted by molar-refractivity contribution is 5.48. The Bertz CT molecular complexity index is 536. The Morgan fingerprint density at radius 2 is 2.27 bits per heavy atom. The zero-order valence-electron chi connectivity index (χ0n) is 9.24. The molecule has 0 amide bonds. The van der Waals surface area contributed by atoms with Gasteiger partial charge in [-0.05, 0) is 18.1 Å². The summed E-state index contributed by atoms with van der Waals surface area (Å²) in [6.45, 7) is 6.20. The lowest BCUT2D eigenvalue weighted by atomic mass is 10.2. The highest BCUT2D eigenvalue weighted by Gasteiger charge is 2.10. The topological polar surface area (TPSA) is 50.2 Å². The van der Waals surface area contributed by atoms with Crippen LogP contribution in [0.5, 0.6) is 0 Å². The van der Waals surface area contributed by atoms with Crippen molar-refractivity contribution in [2.45, 2.75) is 33.1 Å². The second-order valence-corrected chi connectivity index (χ2v) is 4.02. The van der Waals surface area contributed by atoms with Crippen LogP contribution >= 0.6 is 0 Å². The van der Waals surface area contributed by atoms with Crippen molar-refractivity contribution >= 4 is 5.52 Å². The fourth-order valence-electron chi connectivity index (χ4n) is 1.70. The molecule has 0 aliphatic carbocycles. The van der Waals surface area contributed by atoms with Crippen LogP contribution in [0.3, 0.4) is 0 Å². The van der Waals surface area contributed by atoms with Crippen LogP contribution in [-0.4, -0.2) is 14.6 Å². The highest BCUT2D eigenvalue weighted by Crippen LogP contribution is 2.14. The molecule has 0 atom stereocenters. The zero-order chi connectivity index (χ0) is 11.0. The minimum absolute atomic E-state index is 0.126. The normalized spacial score (nSPS) is 11.5. The quantitative estimate of drug-likeness (QED) is 0.811. The van der Waals surface area contributed by atoms with Gasteiger partial charge < -0.3 is 0 Å². The van der Waals surface area contributed by atoms with Crippen LogP contribution in [0.25, 0.3) is 5.52 Å². The first-order valence-corrected chi connectivity index (χ1v) is 5.23. The van der Waals surface area contributed by atoms with E-state index in [1.165, 1.54) is 0 Å². The maximum atomic E-state index is 11.5. The molecule has 0 unspecified atom stereocenters. The number of H-pyrrole nitrogens is 1. The molecule has 0 spiro atoms. The molecule has 0 fully saturated rings. The van der Waals surface area contributed by atoms with E-state index < -0.39 is 0 Å². The summed E-state index contributed by atoms with van der Waals surface area (Å²) in [5.41, 5.74) is 1.72. The maximum Gasteiger partial charge on any atom is 0.288 e. The molecule has 2 heterocycles. The Hall–Kier alpha value is -1.58. The van der Waals surface area contributed by atoms with Gasteiger partial charge in [0, 0.05) is 12.1 Å². The van der Waals surface area contributed by atoms with E-state index in [4.69, 9.17) is 0 Å². The number of aromatic amines is 1. The Labute approximate surface area is 87.9 Å². The van der Waals surface area contributed by atoms with E-state index >= 15 is 0 Å². The number of fused-ring (bicyclic) bond motifs is 1. The lowest BCUT2D eigenvalue weighted by molar-refractivity contribution is 0.711. The third-order valence-corrected chi connectivity index (χ3v) is 2.55. The molecule has 0 radical (unpaired) electrons. The number of nitrogens with zero attached hydrogens (tertiary/aromatic N) is 2. The summed E-state index contributed by atoms with van der Waals surface area (Å²) >= 11 is 0. The third kappa shape index (κ3) is 1.56.